The van der Waals surface area contributed by atoms with Crippen molar-refractivity contribution in [2.24, 2.45) is 0 Å². The van der Waals surface area contributed by atoms with Gasteiger partial charge < -0.3 is 10.1 Å². The first kappa shape index (κ1) is 7.60. The number of rotatable bonds is 0. The number of phenols is 1. The highest BCUT2D eigenvalue weighted by atomic mass is 16.3. The van der Waals surface area contributed by atoms with Crippen molar-refractivity contribution >= 4 is 11.0 Å². The Bertz CT molecular complexity index is 354. The molecule has 1 aromatic carbocycles. The van der Waals surface area contributed by atoms with E-state index in [4.69, 9.17) is 5.11 Å². The van der Waals surface area contributed by atoms with E-state index in [0.717, 1.165) is 11.0 Å². The monoisotopic (exact) mass is 150 g/mol. The van der Waals surface area contributed by atoms with Crippen LogP contribution in [0.15, 0.2) is 24.5 Å². The lowest BCUT2D eigenvalue weighted by Crippen LogP contribution is -1.67. The highest BCUT2D eigenvalue weighted by molar-refractivity contribution is 5.75. The summed E-state index contributed by atoms with van der Waals surface area (Å²) in [5.74, 6) is 0.261. The molecule has 0 saturated heterocycles. The Labute approximate surface area is 64.7 Å². The average molecular weight is 150 g/mol. The molecule has 0 aliphatic carbocycles. The predicted molar refractivity (Wildman–Crippen MR) is 44.5 cm³/mol. The molecule has 0 radical (unpaired) electrons. The van der Waals surface area contributed by atoms with Gasteiger partial charge in [0.1, 0.15) is 5.75 Å². The summed E-state index contributed by atoms with van der Waals surface area (Å²) in [6.07, 6.45) is 1.60. The van der Waals surface area contributed by atoms with Crippen molar-refractivity contribution in [3.05, 3.63) is 24.5 Å². The molecule has 58 valence electrons. The Hall–Kier alpha value is -1.51. The van der Waals surface area contributed by atoms with Gasteiger partial charge in [-0.3, -0.25) is 0 Å². The number of nitrogens with zero attached hydrogens (tertiary/aromatic N) is 1. The summed E-state index contributed by atoms with van der Waals surface area (Å²) in [6.45, 7) is 0. The predicted octanol–water partition coefficient (Wildman–Crippen LogP) is 1.90. The number of nitrogens with one attached hydrogen (secondary N) is 1. The third-order valence-electron chi connectivity index (χ3n) is 1.40. The van der Waals surface area contributed by atoms with Gasteiger partial charge in [0.25, 0.3) is 0 Å². The Morgan fingerprint density at radius 1 is 1.36 bits per heavy atom. The number of aromatic hydroxyl groups is 1. The van der Waals surface area contributed by atoms with Gasteiger partial charge in [0, 0.05) is 6.07 Å². The molecule has 0 spiro atoms. The number of hydrogen-bond acceptors (Lipinski definition) is 2. The molecule has 11 heavy (non-hydrogen) atoms. The number of H-pyrrole nitrogens is 1. The summed E-state index contributed by atoms with van der Waals surface area (Å²) in [7, 11) is 0. The molecule has 0 aliphatic heterocycles. The molecule has 1 aromatic heterocycles. The van der Waals surface area contributed by atoms with Crippen molar-refractivity contribution in [1.29, 1.82) is 0 Å². The topological polar surface area (TPSA) is 48.9 Å². The molecule has 2 aromatic rings. The van der Waals surface area contributed by atoms with Gasteiger partial charge >= 0.3 is 0 Å². The number of aromatic nitrogens is 2. The molecule has 3 nitrogen and oxygen atoms in total. The SMILES string of the molecule is C.Oc1ccc2nc[nH]c2c1. The highest BCUT2D eigenvalue weighted by Crippen LogP contribution is 2.15. The van der Waals surface area contributed by atoms with Gasteiger partial charge in [-0.1, -0.05) is 7.43 Å². The fourth-order valence-corrected chi connectivity index (χ4v) is 0.924. The van der Waals surface area contributed by atoms with Crippen molar-refractivity contribution in [3.63, 3.8) is 0 Å². The van der Waals surface area contributed by atoms with Crippen LogP contribution in [-0.2, 0) is 0 Å². The van der Waals surface area contributed by atoms with Gasteiger partial charge in [0.15, 0.2) is 0 Å². The molecule has 0 unspecified atom stereocenters. The van der Waals surface area contributed by atoms with Crippen LogP contribution in [0.4, 0.5) is 0 Å². The lowest BCUT2D eigenvalue weighted by atomic mass is 10.3. The van der Waals surface area contributed by atoms with Crippen LogP contribution in [0.3, 0.4) is 0 Å². The summed E-state index contributed by atoms with van der Waals surface area (Å²) >= 11 is 0. The van der Waals surface area contributed by atoms with E-state index in [2.05, 4.69) is 9.97 Å². The number of aromatic amines is 1. The smallest absolute Gasteiger partial charge is 0.117 e. The summed E-state index contributed by atoms with van der Waals surface area (Å²) < 4.78 is 0. The molecule has 0 aliphatic rings. The first-order valence-corrected chi connectivity index (χ1v) is 2.98. The van der Waals surface area contributed by atoms with Crippen molar-refractivity contribution in [1.82, 2.24) is 9.97 Å². The lowest BCUT2D eigenvalue weighted by Gasteiger charge is -1.88. The highest BCUT2D eigenvalue weighted by Gasteiger charge is 1.94. The largest absolute Gasteiger partial charge is 0.508 e. The number of benzene rings is 1. The number of hydrogen-bond donors (Lipinski definition) is 2. The van der Waals surface area contributed by atoms with Gasteiger partial charge in [-0.2, -0.15) is 0 Å². The maximum absolute atomic E-state index is 9.00. The summed E-state index contributed by atoms with van der Waals surface area (Å²) in [4.78, 5) is 6.88. The molecule has 0 saturated carbocycles. The second kappa shape index (κ2) is 2.62. The van der Waals surface area contributed by atoms with Crippen LogP contribution in [-0.4, -0.2) is 15.1 Å². The summed E-state index contributed by atoms with van der Waals surface area (Å²) in [5, 5.41) is 9.00. The molecule has 3 heteroatoms. The van der Waals surface area contributed by atoms with Crippen LogP contribution in [0.2, 0.25) is 0 Å². The fourth-order valence-electron chi connectivity index (χ4n) is 0.924. The first-order valence-electron chi connectivity index (χ1n) is 2.98. The van der Waals surface area contributed by atoms with E-state index in [-0.39, 0.29) is 13.2 Å². The summed E-state index contributed by atoms with van der Waals surface area (Å²) in [6, 6.07) is 5.02. The minimum atomic E-state index is 0. The molecule has 2 rings (SSSR count). The Morgan fingerprint density at radius 3 is 3.00 bits per heavy atom. The normalized spacial score (nSPS) is 9.45. The van der Waals surface area contributed by atoms with E-state index in [0.29, 0.717) is 0 Å². The fraction of sp³-hybridized carbons (Fsp3) is 0.125. The third kappa shape index (κ3) is 1.17. The van der Waals surface area contributed by atoms with Crippen molar-refractivity contribution in [2.75, 3.05) is 0 Å². The minimum Gasteiger partial charge on any atom is -0.508 e. The zero-order valence-corrected chi connectivity index (χ0v) is 5.20. The molecular formula is C8H10N2O. The second-order valence-electron chi connectivity index (χ2n) is 2.10. The van der Waals surface area contributed by atoms with Gasteiger partial charge in [-0.25, -0.2) is 4.98 Å². The maximum Gasteiger partial charge on any atom is 0.117 e. The molecule has 0 amide bonds. The molecular weight excluding hydrogens is 140 g/mol. The van der Waals surface area contributed by atoms with Crippen LogP contribution in [0.25, 0.3) is 11.0 Å². The quantitative estimate of drug-likeness (QED) is 0.602. The maximum atomic E-state index is 9.00. The Kier molecular flexibility index (Phi) is 1.81. The molecule has 2 N–H and O–H groups in total. The van der Waals surface area contributed by atoms with E-state index >= 15 is 0 Å². The third-order valence-corrected chi connectivity index (χ3v) is 1.40. The summed E-state index contributed by atoms with van der Waals surface area (Å²) in [5.41, 5.74) is 1.73. The first-order chi connectivity index (χ1) is 4.86. The van der Waals surface area contributed by atoms with E-state index in [1.165, 1.54) is 0 Å². The van der Waals surface area contributed by atoms with Crippen LogP contribution in [0.1, 0.15) is 7.43 Å². The van der Waals surface area contributed by atoms with Crippen LogP contribution >= 0.6 is 0 Å². The molecule has 0 fully saturated rings. The average Bonchev–Trinajstić information content (AvgIpc) is 2.33. The zero-order chi connectivity index (χ0) is 6.97. The number of phenolic OH excluding ortho intramolecular Hbond substituents is 1. The lowest BCUT2D eigenvalue weighted by molar-refractivity contribution is 0.476. The van der Waals surface area contributed by atoms with Gasteiger partial charge in [0.05, 0.1) is 17.4 Å². The molecule has 1 heterocycles. The van der Waals surface area contributed by atoms with Crippen molar-refractivity contribution in [3.8, 4) is 5.75 Å². The Morgan fingerprint density at radius 2 is 2.18 bits per heavy atom. The van der Waals surface area contributed by atoms with E-state index in [1.54, 1.807) is 24.5 Å². The molecule has 0 bridgehead atoms. The van der Waals surface area contributed by atoms with Crippen molar-refractivity contribution in [2.45, 2.75) is 7.43 Å². The van der Waals surface area contributed by atoms with Crippen LogP contribution in [0, 0.1) is 0 Å². The van der Waals surface area contributed by atoms with Gasteiger partial charge in [0.2, 0.25) is 0 Å². The van der Waals surface area contributed by atoms with Crippen LogP contribution < -0.4 is 0 Å². The number of imidazole rings is 1. The van der Waals surface area contributed by atoms with E-state index in [1.807, 2.05) is 0 Å². The van der Waals surface area contributed by atoms with E-state index < -0.39 is 0 Å². The number of fused-ring (bicyclic) bond motifs is 1. The molecule has 0 atom stereocenters. The van der Waals surface area contributed by atoms with Crippen LogP contribution in [0.5, 0.6) is 5.75 Å². The standard InChI is InChI=1S/C7H6N2O.CH4/c10-5-1-2-6-7(3-5)9-4-8-6;/h1-4,10H,(H,8,9);1H4. The van der Waals surface area contributed by atoms with Gasteiger partial charge in [-0.15, -0.1) is 0 Å². The Balaban J connectivity index is 0.000000605. The second-order valence-corrected chi connectivity index (χ2v) is 2.10. The zero-order valence-electron chi connectivity index (χ0n) is 5.20. The van der Waals surface area contributed by atoms with E-state index in [9.17, 15) is 0 Å². The van der Waals surface area contributed by atoms with Gasteiger partial charge in [-0.05, 0) is 12.1 Å². The minimum absolute atomic E-state index is 0. The van der Waals surface area contributed by atoms with Crippen molar-refractivity contribution < 1.29 is 5.11 Å².